The number of amides is 1. The number of nitrogens with zero attached hydrogens (tertiary/aromatic N) is 1. The lowest BCUT2D eigenvalue weighted by atomic mass is 9.87. The third kappa shape index (κ3) is 2.27. The molecule has 1 amide bonds. The molecule has 0 spiro atoms. The van der Waals surface area contributed by atoms with Gasteiger partial charge in [-0.3, -0.25) is 4.79 Å². The number of alkyl halides is 1. The Hall–Kier alpha value is -0.0500. The Labute approximate surface area is 112 Å². The number of halogens is 1. The van der Waals surface area contributed by atoms with Crippen molar-refractivity contribution in [1.82, 2.24) is 4.90 Å². The summed E-state index contributed by atoms with van der Waals surface area (Å²) in [4.78, 5) is 15.6. The van der Waals surface area contributed by atoms with E-state index in [4.69, 9.17) is 0 Å². The molecule has 0 aromatic carbocycles. The molecule has 3 fully saturated rings. The lowest BCUT2D eigenvalue weighted by Crippen LogP contribution is -2.49. The summed E-state index contributed by atoms with van der Waals surface area (Å²) in [7, 11) is 0. The van der Waals surface area contributed by atoms with Crippen molar-refractivity contribution in [3.63, 3.8) is 0 Å². The largest absolute Gasteiger partial charge is 0.336 e. The van der Waals surface area contributed by atoms with Gasteiger partial charge in [-0.1, -0.05) is 35.2 Å². The summed E-state index contributed by atoms with van der Waals surface area (Å²) in [6.07, 6.45) is 11.0. The number of piperidine rings is 1. The number of carbonyl (C=O) groups is 1. The van der Waals surface area contributed by atoms with E-state index in [1.165, 1.54) is 44.9 Å². The van der Waals surface area contributed by atoms with Gasteiger partial charge in [0.15, 0.2) is 0 Å². The Morgan fingerprint density at radius 1 is 0.941 bits per heavy atom. The predicted molar refractivity (Wildman–Crippen MR) is 72.2 cm³/mol. The highest BCUT2D eigenvalue weighted by Crippen LogP contribution is 2.40. The smallest absolute Gasteiger partial charge is 0.226 e. The van der Waals surface area contributed by atoms with Crippen molar-refractivity contribution < 1.29 is 4.79 Å². The second kappa shape index (κ2) is 4.91. The molecule has 0 radical (unpaired) electrons. The minimum Gasteiger partial charge on any atom is -0.336 e. The first-order valence-corrected chi connectivity index (χ1v) is 8.13. The van der Waals surface area contributed by atoms with Gasteiger partial charge in [0, 0.05) is 22.8 Å². The van der Waals surface area contributed by atoms with E-state index in [0.29, 0.717) is 28.7 Å². The summed E-state index contributed by atoms with van der Waals surface area (Å²) >= 11 is 3.74. The molecule has 0 aromatic heterocycles. The number of carbonyl (C=O) groups excluding carboxylic acids is 1. The highest BCUT2D eigenvalue weighted by molar-refractivity contribution is 9.09. The minimum atomic E-state index is 0.360. The molecule has 3 heteroatoms. The van der Waals surface area contributed by atoms with Gasteiger partial charge in [-0.15, -0.1) is 0 Å². The van der Waals surface area contributed by atoms with Gasteiger partial charge < -0.3 is 4.90 Å². The molecular formula is C14H22BrNO. The molecule has 2 saturated heterocycles. The van der Waals surface area contributed by atoms with Crippen LogP contribution in [0.3, 0.4) is 0 Å². The Morgan fingerprint density at radius 2 is 1.53 bits per heavy atom. The van der Waals surface area contributed by atoms with Gasteiger partial charge in [-0.2, -0.15) is 0 Å². The van der Waals surface area contributed by atoms with Gasteiger partial charge in [-0.05, 0) is 38.5 Å². The molecule has 2 atom stereocenters. The SMILES string of the molecule is O=C(C1CCCCC1)N1C2CCC1CC(Br)C2. The zero-order valence-electron chi connectivity index (χ0n) is 10.4. The number of rotatable bonds is 1. The Kier molecular flexibility index (Phi) is 3.47. The maximum Gasteiger partial charge on any atom is 0.226 e. The van der Waals surface area contributed by atoms with Crippen molar-refractivity contribution in [2.24, 2.45) is 5.92 Å². The van der Waals surface area contributed by atoms with E-state index in [2.05, 4.69) is 20.8 Å². The van der Waals surface area contributed by atoms with E-state index < -0.39 is 0 Å². The summed E-state index contributed by atoms with van der Waals surface area (Å²) in [6.45, 7) is 0. The third-order valence-corrected chi connectivity index (χ3v) is 5.63. The first-order chi connectivity index (χ1) is 8.25. The maximum absolute atomic E-state index is 12.6. The monoisotopic (exact) mass is 299 g/mol. The van der Waals surface area contributed by atoms with Crippen LogP contribution in [-0.4, -0.2) is 27.7 Å². The van der Waals surface area contributed by atoms with E-state index in [1.807, 2.05) is 0 Å². The highest BCUT2D eigenvalue weighted by atomic mass is 79.9. The number of fused-ring (bicyclic) bond motifs is 2. The molecule has 17 heavy (non-hydrogen) atoms. The summed E-state index contributed by atoms with van der Waals surface area (Å²) in [5.74, 6) is 0.857. The van der Waals surface area contributed by atoms with Crippen molar-refractivity contribution in [2.45, 2.75) is 74.7 Å². The average Bonchev–Trinajstić information content (AvgIpc) is 2.62. The molecule has 2 bridgehead atoms. The van der Waals surface area contributed by atoms with E-state index in [0.717, 1.165) is 12.8 Å². The summed E-state index contributed by atoms with van der Waals surface area (Å²) in [6, 6.07) is 1.10. The van der Waals surface area contributed by atoms with Crippen molar-refractivity contribution in [3.8, 4) is 0 Å². The van der Waals surface area contributed by atoms with Crippen LogP contribution >= 0.6 is 15.9 Å². The van der Waals surface area contributed by atoms with Gasteiger partial charge in [0.2, 0.25) is 5.91 Å². The molecule has 3 rings (SSSR count). The molecule has 2 aliphatic heterocycles. The highest BCUT2D eigenvalue weighted by Gasteiger charge is 2.44. The van der Waals surface area contributed by atoms with Crippen LogP contribution in [0.15, 0.2) is 0 Å². The standard InChI is InChI=1S/C14H22BrNO/c15-11-8-12-6-7-13(9-11)16(12)14(17)10-4-2-1-3-5-10/h10-13H,1-9H2. The second-order valence-corrected chi connectivity index (χ2v) is 7.33. The summed E-state index contributed by atoms with van der Waals surface area (Å²) in [5, 5.41) is 0. The summed E-state index contributed by atoms with van der Waals surface area (Å²) < 4.78 is 0. The quantitative estimate of drug-likeness (QED) is 0.679. The van der Waals surface area contributed by atoms with E-state index in [9.17, 15) is 4.79 Å². The van der Waals surface area contributed by atoms with Crippen LogP contribution in [0.5, 0.6) is 0 Å². The molecule has 0 aromatic rings. The van der Waals surface area contributed by atoms with Crippen LogP contribution in [0.1, 0.15) is 57.8 Å². The average molecular weight is 300 g/mol. The van der Waals surface area contributed by atoms with E-state index in [-0.39, 0.29) is 0 Å². The van der Waals surface area contributed by atoms with Crippen molar-refractivity contribution >= 4 is 21.8 Å². The maximum atomic E-state index is 12.6. The molecule has 2 unspecified atom stereocenters. The molecule has 1 saturated carbocycles. The van der Waals surface area contributed by atoms with E-state index >= 15 is 0 Å². The molecule has 0 N–H and O–H groups in total. The Bertz CT molecular complexity index is 287. The Morgan fingerprint density at radius 3 is 2.12 bits per heavy atom. The van der Waals surface area contributed by atoms with Crippen molar-refractivity contribution in [3.05, 3.63) is 0 Å². The third-order valence-electron chi connectivity index (χ3n) is 4.88. The van der Waals surface area contributed by atoms with Gasteiger partial charge in [0.25, 0.3) is 0 Å². The van der Waals surface area contributed by atoms with Crippen LogP contribution in [0.2, 0.25) is 0 Å². The van der Waals surface area contributed by atoms with Crippen LogP contribution in [0, 0.1) is 5.92 Å². The normalized spacial score (nSPS) is 38.4. The second-order valence-electron chi connectivity index (χ2n) is 6.03. The first-order valence-electron chi connectivity index (χ1n) is 7.22. The predicted octanol–water partition coefficient (Wildman–Crippen LogP) is 3.48. The molecule has 3 aliphatic rings. The fourth-order valence-corrected chi connectivity index (χ4v) is 4.89. The zero-order chi connectivity index (χ0) is 11.8. The fourth-order valence-electron chi connectivity index (χ4n) is 4.03. The molecular weight excluding hydrogens is 278 g/mol. The fraction of sp³-hybridized carbons (Fsp3) is 0.929. The van der Waals surface area contributed by atoms with Crippen molar-refractivity contribution in [2.75, 3.05) is 0 Å². The topological polar surface area (TPSA) is 20.3 Å². The van der Waals surface area contributed by atoms with Gasteiger partial charge in [-0.25, -0.2) is 0 Å². The number of hydrogen-bond donors (Lipinski definition) is 0. The van der Waals surface area contributed by atoms with Gasteiger partial charge in [0.05, 0.1) is 0 Å². The van der Waals surface area contributed by atoms with Gasteiger partial charge >= 0.3 is 0 Å². The zero-order valence-corrected chi connectivity index (χ0v) is 12.0. The van der Waals surface area contributed by atoms with Crippen LogP contribution in [0.25, 0.3) is 0 Å². The summed E-state index contributed by atoms with van der Waals surface area (Å²) in [5.41, 5.74) is 0. The van der Waals surface area contributed by atoms with E-state index in [1.54, 1.807) is 0 Å². The van der Waals surface area contributed by atoms with Crippen LogP contribution in [0.4, 0.5) is 0 Å². The van der Waals surface area contributed by atoms with Crippen LogP contribution in [-0.2, 0) is 4.79 Å². The lowest BCUT2D eigenvalue weighted by molar-refractivity contribution is -0.140. The first kappa shape index (κ1) is 12.0. The van der Waals surface area contributed by atoms with Gasteiger partial charge in [0.1, 0.15) is 0 Å². The lowest BCUT2D eigenvalue weighted by Gasteiger charge is -2.39. The molecule has 96 valence electrons. The van der Waals surface area contributed by atoms with Crippen molar-refractivity contribution in [1.29, 1.82) is 0 Å². The minimum absolute atomic E-state index is 0.360. The molecule has 1 aliphatic carbocycles. The number of hydrogen-bond acceptors (Lipinski definition) is 1. The molecule has 2 heterocycles. The van der Waals surface area contributed by atoms with Crippen LogP contribution < -0.4 is 0 Å². The molecule has 2 nitrogen and oxygen atoms in total. The Balaban J connectivity index is 1.69.